The summed E-state index contributed by atoms with van der Waals surface area (Å²) in [4.78, 5) is 12.6. The number of benzene rings is 3. The van der Waals surface area contributed by atoms with Gasteiger partial charge in [-0.2, -0.15) is 0 Å². The summed E-state index contributed by atoms with van der Waals surface area (Å²) in [6, 6.07) is 23.5. The maximum Gasteiger partial charge on any atom is 0.237 e. The van der Waals surface area contributed by atoms with Crippen LogP contribution in [0.5, 0.6) is 5.75 Å². The topological polar surface area (TPSA) is 90.4 Å². The number of aryl methyl sites for hydroxylation is 1. The predicted molar refractivity (Wildman–Crippen MR) is 122 cm³/mol. The molecule has 0 bridgehead atoms. The molecule has 30 heavy (non-hydrogen) atoms. The van der Waals surface area contributed by atoms with Crippen LogP contribution in [0.1, 0.15) is 24.8 Å². The minimum absolute atomic E-state index is 0.129. The van der Waals surface area contributed by atoms with Gasteiger partial charge in [-0.1, -0.05) is 60.7 Å². The van der Waals surface area contributed by atoms with Crippen LogP contribution in [-0.2, 0) is 11.2 Å². The molecule has 0 aliphatic carbocycles. The lowest BCUT2D eigenvalue weighted by atomic mass is 10.0. The van der Waals surface area contributed by atoms with Crippen molar-refractivity contribution in [3.05, 3.63) is 78.4 Å². The molecule has 0 aliphatic heterocycles. The Morgan fingerprint density at radius 2 is 1.67 bits per heavy atom. The van der Waals surface area contributed by atoms with Crippen LogP contribution in [-0.4, -0.2) is 31.1 Å². The number of hydrogen-bond acceptors (Lipinski definition) is 4. The monoisotopic (exact) mass is 405 g/mol. The number of ether oxygens (including phenoxy) is 1. The average molecular weight is 406 g/mol. The van der Waals surface area contributed by atoms with E-state index in [0.717, 1.165) is 30.4 Å². The fraction of sp³-hybridized carbons (Fsp3) is 0.320. The number of fused-ring (bicyclic) bond motifs is 1. The minimum Gasteiger partial charge on any atom is -0.491 e. The summed E-state index contributed by atoms with van der Waals surface area (Å²) in [7, 11) is 0. The second-order valence-electron chi connectivity index (χ2n) is 7.59. The van der Waals surface area contributed by atoms with Gasteiger partial charge in [-0.25, -0.2) is 0 Å². The van der Waals surface area contributed by atoms with Crippen molar-refractivity contribution in [2.75, 3.05) is 13.2 Å². The van der Waals surface area contributed by atoms with Crippen molar-refractivity contribution < 1.29 is 9.53 Å². The first kappa shape index (κ1) is 21.8. The maximum absolute atomic E-state index is 12.6. The van der Waals surface area contributed by atoms with E-state index >= 15 is 0 Å². The average Bonchev–Trinajstić information content (AvgIpc) is 2.79. The smallest absolute Gasteiger partial charge is 0.237 e. The summed E-state index contributed by atoms with van der Waals surface area (Å²) in [6.45, 7) is 0.956. The highest BCUT2D eigenvalue weighted by atomic mass is 16.5. The van der Waals surface area contributed by atoms with Crippen molar-refractivity contribution in [3.63, 3.8) is 0 Å². The zero-order valence-corrected chi connectivity index (χ0v) is 17.3. The molecular formula is C25H31N3O2. The molecule has 5 heteroatoms. The third-order valence-corrected chi connectivity index (χ3v) is 5.20. The van der Waals surface area contributed by atoms with E-state index in [-0.39, 0.29) is 11.9 Å². The van der Waals surface area contributed by atoms with Crippen molar-refractivity contribution in [1.82, 2.24) is 5.32 Å². The molecule has 0 heterocycles. The Hall–Kier alpha value is -2.89. The first-order valence-corrected chi connectivity index (χ1v) is 10.6. The fourth-order valence-corrected chi connectivity index (χ4v) is 3.42. The molecule has 0 spiro atoms. The largest absolute Gasteiger partial charge is 0.491 e. The predicted octanol–water partition coefficient (Wildman–Crippen LogP) is 3.40. The summed E-state index contributed by atoms with van der Waals surface area (Å²) in [5, 5.41) is 5.34. The van der Waals surface area contributed by atoms with Crippen LogP contribution >= 0.6 is 0 Å². The summed E-state index contributed by atoms with van der Waals surface area (Å²) >= 11 is 0. The van der Waals surface area contributed by atoms with Gasteiger partial charge in [0.15, 0.2) is 0 Å². The van der Waals surface area contributed by atoms with Crippen LogP contribution in [0.4, 0.5) is 0 Å². The highest BCUT2D eigenvalue weighted by Crippen LogP contribution is 2.20. The van der Waals surface area contributed by atoms with Gasteiger partial charge in [-0.05, 0) is 60.7 Å². The van der Waals surface area contributed by atoms with Gasteiger partial charge in [0.05, 0.1) is 12.1 Å². The molecule has 2 atom stereocenters. The van der Waals surface area contributed by atoms with Crippen LogP contribution in [0.2, 0.25) is 0 Å². The Balaban J connectivity index is 1.53. The van der Waals surface area contributed by atoms with E-state index in [1.165, 1.54) is 10.9 Å². The molecule has 0 radical (unpaired) electrons. The third-order valence-electron chi connectivity index (χ3n) is 5.20. The lowest BCUT2D eigenvalue weighted by Crippen LogP contribution is -2.47. The van der Waals surface area contributed by atoms with Crippen LogP contribution in [0, 0.1) is 0 Å². The molecule has 0 saturated carbocycles. The van der Waals surface area contributed by atoms with Crippen molar-refractivity contribution in [2.24, 2.45) is 11.5 Å². The zero-order valence-electron chi connectivity index (χ0n) is 17.3. The van der Waals surface area contributed by atoms with Crippen molar-refractivity contribution >= 4 is 16.7 Å². The van der Waals surface area contributed by atoms with Crippen molar-refractivity contribution in [2.45, 2.75) is 37.8 Å². The van der Waals surface area contributed by atoms with Gasteiger partial charge in [0, 0.05) is 0 Å². The van der Waals surface area contributed by atoms with Gasteiger partial charge in [0.1, 0.15) is 12.4 Å². The number of amides is 1. The Morgan fingerprint density at radius 1 is 0.933 bits per heavy atom. The number of rotatable bonds is 11. The number of nitrogens with one attached hydrogen (secondary N) is 1. The van der Waals surface area contributed by atoms with Crippen molar-refractivity contribution in [1.29, 1.82) is 0 Å². The highest BCUT2D eigenvalue weighted by Gasteiger charge is 2.18. The molecule has 3 aromatic rings. The van der Waals surface area contributed by atoms with E-state index in [9.17, 15) is 4.79 Å². The van der Waals surface area contributed by atoms with Gasteiger partial charge in [0.25, 0.3) is 0 Å². The first-order chi connectivity index (χ1) is 14.7. The Kier molecular flexibility index (Phi) is 8.24. The van der Waals surface area contributed by atoms with Gasteiger partial charge in [-0.15, -0.1) is 0 Å². The van der Waals surface area contributed by atoms with Gasteiger partial charge in [0.2, 0.25) is 5.91 Å². The third kappa shape index (κ3) is 6.58. The standard InChI is InChI=1S/C25H31N3O2/c26-16-6-11-22(18-30-23-14-13-20-9-4-5-10-21(20)17-23)28-25(29)24(27)15-12-19-7-2-1-3-8-19/h1-5,7-10,13-14,17,22,24H,6,11-12,15-16,18,26-27H2,(H,28,29)/t22-,24-/m0/s1. The van der Waals surface area contributed by atoms with Gasteiger partial charge in [-0.3, -0.25) is 4.79 Å². The molecular weight excluding hydrogens is 374 g/mol. The molecule has 3 aromatic carbocycles. The van der Waals surface area contributed by atoms with E-state index < -0.39 is 6.04 Å². The molecule has 5 nitrogen and oxygen atoms in total. The van der Waals surface area contributed by atoms with E-state index in [4.69, 9.17) is 16.2 Å². The lowest BCUT2D eigenvalue weighted by Gasteiger charge is -2.21. The second-order valence-corrected chi connectivity index (χ2v) is 7.59. The normalized spacial score (nSPS) is 13.0. The maximum atomic E-state index is 12.6. The Labute approximate surface area is 178 Å². The van der Waals surface area contributed by atoms with Crippen LogP contribution in [0.25, 0.3) is 10.8 Å². The highest BCUT2D eigenvalue weighted by molar-refractivity contribution is 5.83. The summed E-state index contributed by atoms with van der Waals surface area (Å²) in [5.41, 5.74) is 13.0. The summed E-state index contributed by atoms with van der Waals surface area (Å²) < 4.78 is 5.99. The van der Waals surface area contributed by atoms with E-state index in [0.29, 0.717) is 19.6 Å². The quantitative estimate of drug-likeness (QED) is 0.456. The van der Waals surface area contributed by atoms with E-state index in [1.807, 2.05) is 60.7 Å². The molecule has 3 rings (SSSR count). The van der Waals surface area contributed by atoms with Gasteiger partial charge >= 0.3 is 0 Å². The minimum atomic E-state index is -0.550. The number of nitrogens with two attached hydrogens (primary N) is 2. The molecule has 0 unspecified atom stereocenters. The summed E-state index contributed by atoms with van der Waals surface area (Å²) in [6.07, 6.45) is 2.94. The van der Waals surface area contributed by atoms with Crippen molar-refractivity contribution in [3.8, 4) is 5.75 Å². The zero-order chi connectivity index (χ0) is 21.2. The molecule has 0 fully saturated rings. The molecule has 158 valence electrons. The number of carbonyl (C=O) groups excluding carboxylic acids is 1. The number of carbonyl (C=O) groups is 1. The second kappa shape index (κ2) is 11.3. The SMILES string of the molecule is NCCC[C@@H](COc1ccc2ccccc2c1)NC(=O)[C@@H](N)CCc1ccccc1. The lowest BCUT2D eigenvalue weighted by molar-refractivity contribution is -0.123. The van der Waals surface area contributed by atoms with Crippen LogP contribution in [0.3, 0.4) is 0 Å². The Morgan fingerprint density at radius 3 is 2.43 bits per heavy atom. The first-order valence-electron chi connectivity index (χ1n) is 10.6. The molecule has 1 amide bonds. The van der Waals surface area contributed by atoms with E-state index in [1.54, 1.807) is 0 Å². The molecule has 5 N–H and O–H groups in total. The molecule has 0 aliphatic rings. The Bertz CT molecular complexity index is 930. The van der Waals surface area contributed by atoms with E-state index in [2.05, 4.69) is 17.4 Å². The number of hydrogen-bond donors (Lipinski definition) is 3. The fourth-order valence-electron chi connectivity index (χ4n) is 3.42. The van der Waals surface area contributed by atoms with Crippen LogP contribution in [0.15, 0.2) is 72.8 Å². The molecule has 0 saturated heterocycles. The van der Waals surface area contributed by atoms with Gasteiger partial charge < -0.3 is 21.5 Å². The molecule has 0 aromatic heterocycles. The summed E-state index contributed by atoms with van der Waals surface area (Å²) in [5.74, 6) is 0.643. The van der Waals surface area contributed by atoms with Crippen LogP contribution < -0.4 is 21.5 Å².